The van der Waals surface area contributed by atoms with Crippen LogP contribution in [0, 0.1) is 6.57 Å². The highest BCUT2D eigenvalue weighted by atomic mass is 16.2. The first-order valence-electron chi connectivity index (χ1n) is 6.14. The molecule has 4 nitrogen and oxygen atoms in total. The van der Waals surface area contributed by atoms with Crippen molar-refractivity contribution in [2.24, 2.45) is 0 Å². The van der Waals surface area contributed by atoms with E-state index >= 15 is 0 Å². The summed E-state index contributed by atoms with van der Waals surface area (Å²) in [5.41, 5.74) is 1.71. The van der Waals surface area contributed by atoms with Gasteiger partial charge in [0.1, 0.15) is 0 Å². The molecule has 0 radical (unpaired) electrons. The highest BCUT2D eigenvalue weighted by Gasteiger charge is 2.29. The topological polar surface area (TPSA) is 27.9 Å². The van der Waals surface area contributed by atoms with Crippen LogP contribution in [0.5, 0.6) is 0 Å². The average molecular weight is 243 g/mol. The minimum atomic E-state index is 0.110. The van der Waals surface area contributed by atoms with E-state index in [1.165, 1.54) is 0 Å². The predicted octanol–water partition coefficient (Wildman–Crippen LogP) is 2.88. The molecule has 0 saturated carbocycles. The smallest absolute Gasteiger partial charge is 0.320 e. The van der Waals surface area contributed by atoms with Crippen LogP contribution in [0.3, 0.4) is 0 Å². The first-order valence-corrected chi connectivity index (χ1v) is 6.14. The summed E-state index contributed by atoms with van der Waals surface area (Å²) >= 11 is 0. The number of benzene rings is 1. The van der Waals surface area contributed by atoms with E-state index in [4.69, 9.17) is 6.57 Å². The van der Waals surface area contributed by atoms with Gasteiger partial charge in [0.05, 0.1) is 6.57 Å². The molecular weight excluding hydrogens is 226 g/mol. The zero-order valence-corrected chi connectivity index (χ0v) is 10.8. The number of carbonyl (C=O) groups excluding carboxylic acids is 1. The van der Waals surface area contributed by atoms with Gasteiger partial charge < -0.3 is 9.80 Å². The maximum Gasteiger partial charge on any atom is 0.320 e. The quantitative estimate of drug-likeness (QED) is 0.750. The van der Waals surface area contributed by atoms with Crippen LogP contribution in [-0.2, 0) is 6.54 Å². The van der Waals surface area contributed by atoms with Crippen molar-refractivity contribution in [3.63, 3.8) is 0 Å². The van der Waals surface area contributed by atoms with Crippen molar-refractivity contribution in [1.82, 2.24) is 9.80 Å². The lowest BCUT2D eigenvalue weighted by atomic mass is 10.2. The largest absolute Gasteiger partial charge is 0.320 e. The van der Waals surface area contributed by atoms with Crippen molar-refractivity contribution >= 4 is 11.7 Å². The molecule has 0 aliphatic carbocycles. The fourth-order valence-electron chi connectivity index (χ4n) is 2.12. The van der Waals surface area contributed by atoms with Crippen LogP contribution in [0.25, 0.3) is 4.85 Å². The van der Waals surface area contributed by atoms with Gasteiger partial charge >= 0.3 is 6.03 Å². The van der Waals surface area contributed by atoms with Crippen molar-refractivity contribution in [2.75, 3.05) is 13.1 Å². The molecule has 1 aliphatic rings. The van der Waals surface area contributed by atoms with Crippen LogP contribution in [0.2, 0.25) is 0 Å². The number of urea groups is 1. The molecule has 0 N–H and O–H groups in total. The van der Waals surface area contributed by atoms with Gasteiger partial charge in [0.25, 0.3) is 0 Å². The molecule has 0 bridgehead atoms. The summed E-state index contributed by atoms with van der Waals surface area (Å²) in [5.74, 6) is 0. The molecule has 0 aromatic heterocycles. The second kappa shape index (κ2) is 5.09. The summed E-state index contributed by atoms with van der Waals surface area (Å²) in [4.78, 5) is 19.2. The predicted molar refractivity (Wildman–Crippen MR) is 70.4 cm³/mol. The maximum absolute atomic E-state index is 12.1. The molecule has 4 heteroatoms. The normalized spacial score (nSPS) is 15.3. The maximum atomic E-state index is 12.1. The fourth-order valence-corrected chi connectivity index (χ4v) is 2.12. The third-order valence-electron chi connectivity index (χ3n) is 3.19. The second-order valence-electron chi connectivity index (χ2n) is 4.77. The molecule has 0 atom stereocenters. The van der Waals surface area contributed by atoms with Gasteiger partial charge in [-0.15, -0.1) is 0 Å². The lowest BCUT2D eigenvalue weighted by molar-refractivity contribution is 0.181. The van der Waals surface area contributed by atoms with E-state index in [1.54, 1.807) is 12.1 Å². The molecule has 1 aromatic carbocycles. The van der Waals surface area contributed by atoms with Crippen LogP contribution >= 0.6 is 0 Å². The monoisotopic (exact) mass is 243 g/mol. The Morgan fingerprint density at radius 2 is 1.94 bits per heavy atom. The number of amides is 2. The molecule has 0 unspecified atom stereocenters. The van der Waals surface area contributed by atoms with E-state index in [-0.39, 0.29) is 12.1 Å². The van der Waals surface area contributed by atoms with Crippen molar-refractivity contribution in [3.05, 3.63) is 41.2 Å². The first-order chi connectivity index (χ1) is 8.61. The fraction of sp³-hybridized carbons (Fsp3) is 0.429. The lowest BCUT2D eigenvalue weighted by Gasteiger charge is -2.21. The van der Waals surface area contributed by atoms with Crippen LogP contribution < -0.4 is 0 Å². The Morgan fingerprint density at radius 3 is 2.44 bits per heavy atom. The number of carbonyl (C=O) groups is 1. The summed E-state index contributed by atoms with van der Waals surface area (Å²) in [5, 5.41) is 0. The lowest BCUT2D eigenvalue weighted by Crippen LogP contribution is -2.35. The third-order valence-corrected chi connectivity index (χ3v) is 3.19. The second-order valence-corrected chi connectivity index (χ2v) is 4.77. The van der Waals surface area contributed by atoms with E-state index in [0.717, 1.165) is 18.7 Å². The van der Waals surface area contributed by atoms with Gasteiger partial charge in [0.2, 0.25) is 0 Å². The Kier molecular flexibility index (Phi) is 3.52. The van der Waals surface area contributed by atoms with Crippen LogP contribution in [-0.4, -0.2) is 35.0 Å². The Balaban J connectivity index is 2.02. The van der Waals surface area contributed by atoms with E-state index in [9.17, 15) is 4.79 Å². The van der Waals surface area contributed by atoms with Gasteiger partial charge in [-0.2, -0.15) is 0 Å². The van der Waals surface area contributed by atoms with Crippen molar-refractivity contribution < 1.29 is 4.79 Å². The van der Waals surface area contributed by atoms with Gasteiger partial charge in [0.15, 0.2) is 5.69 Å². The number of hydrogen-bond acceptors (Lipinski definition) is 1. The molecule has 0 spiro atoms. The summed E-state index contributed by atoms with van der Waals surface area (Å²) in [6.07, 6.45) is 0. The van der Waals surface area contributed by atoms with Gasteiger partial charge in [-0.1, -0.05) is 24.3 Å². The zero-order valence-electron chi connectivity index (χ0n) is 10.8. The number of nitrogens with zero attached hydrogens (tertiary/aromatic N) is 3. The van der Waals surface area contributed by atoms with Crippen LogP contribution in [0.1, 0.15) is 19.4 Å². The Morgan fingerprint density at radius 1 is 1.28 bits per heavy atom. The van der Waals surface area contributed by atoms with Gasteiger partial charge in [0, 0.05) is 25.7 Å². The molecule has 1 saturated heterocycles. The molecule has 18 heavy (non-hydrogen) atoms. The standard InChI is InChI=1S/C14H17N3O/c1-11(2)17-9-8-16(14(17)18)10-12-4-6-13(15-3)7-5-12/h4-7,11H,8-10H2,1-2H3. The highest BCUT2D eigenvalue weighted by molar-refractivity contribution is 5.76. The van der Waals surface area contributed by atoms with E-state index in [0.29, 0.717) is 12.2 Å². The van der Waals surface area contributed by atoms with Crippen LogP contribution in [0.15, 0.2) is 24.3 Å². The summed E-state index contributed by atoms with van der Waals surface area (Å²) in [6.45, 7) is 13.2. The number of hydrogen-bond donors (Lipinski definition) is 0. The summed E-state index contributed by atoms with van der Waals surface area (Å²) in [6, 6.07) is 7.79. The van der Waals surface area contributed by atoms with Crippen molar-refractivity contribution in [2.45, 2.75) is 26.4 Å². The minimum Gasteiger partial charge on any atom is -0.320 e. The molecule has 2 amide bonds. The summed E-state index contributed by atoms with van der Waals surface area (Å²) < 4.78 is 0. The SMILES string of the molecule is [C-]#[N+]c1ccc(CN2CCN(C(C)C)C2=O)cc1. The Bertz CT molecular complexity index is 473. The average Bonchev–Trinajstić information content (AvgIpc) is 2.72. The molecule has 94 valence electrons. The molecule has 2 rings (SSSR count). The van der Waals surface area contributed by atoms with Gasteiger partial charge in [-0.05, 0) is 19.4 Å². The van der Waals surface area contributed by atoms with E-state index in [2.05, 4.69) is 4.85 Å². The van der Waals surface area contributed by atoms with Gasteiger partial charge in [-0.25, -0.2) is 9.64 Å². The molecule has 1 aromatic rings. The summed E-state index contributed by atoms with van der Waals surface area (Å²) in [7, 11) is 0. The Labute approximate surface area is 108 Å². The van der Waals surface area contributed by atoms with Crippen LogP contribution in [0.4, 0.5) is 10.5 Å². The molecule has 1 fully saturated rings. The highest BCUT2D eigenvalue weighted by Crippen LogP contribution is 2.18. The number of rotatable bonds is 3. The van der Waals surface area contributed by atoms with E-state index < -0.39 is 0 Å². The molecule has 1 heterocycles. The molecular formula is C14H17N3O. The zero-order chi connectivity index (χ0) is 13.1. The minimum absolute atomic E-state index is 0.110. The van der Waals surface area contributed by atoms with E-state index in [1.807, 2.05) is 35.8 Å². The molecule has 1 aliphatic heterocycles. The van der Waals surface area contributed by atoms with Crippen molar-refractivity contribution in [1.29, 1.82) is 0 Å². The van der Waals surface area contributed by atoms with Gasteiger partial charge in [-0.3, -0.25) is 0 Å². The Hall–Kier alpha value is -2.02. The van der Waals surface area contributed by atoms with Crippen molar-refractivity contribution in [3.8, 4) is 0 Å². The third kappa shape index (κ3) is 2.45. The first kappa shape index (κ1) is 12.4.